The Kier molecular flexibility index (Phi) is 4.06. The summed E-state index contributed by atoms with van der Waals surface area (Å²) in [5, 5.41) is 0. The van der Waals surface area contributed by atoms with Gasteiger partial charge in [0.1, 0.15) is 0 Å². The molecule has 0 radical (unpaired) electrons. The number of aromatic nitrogens is 1. The summed E-state index contributed by atoms with van der Waals surface area (Å²) in [6.45, 7) is 0.00729. The van der Waals surface area contributed by atoms with Gasteiger partial charge in [0.15, 0.2) is 0 Å². The Labute approximate surface area is 95.2 Å². The largest absolute Gasteiger partial charge is 0.417 e. The maximum Gasteiger partial charge on any atom is 0.417 e. The summed E-state index contributed by atoms with van der Waals surface area (Å²) in [6.07, 6.45) is 2.10. The monoisotopic (exact) mass is 243 g/mol. The molecule has 0 spiro atoms. The van der Waals surface area contributed by atoms with Gasteiger partial charge in [0.05, 0.1) is 17.7 Å². The molecule has 1 aromatic rings. The molecular formula is C10H8F3N3O. The predicted molar refractivity (Wildman–Crippen MR) is 53.5 cm³/mol. The highest BCUT2D eigenvalue weighted by Gasteiger charge is 2.35. The normalized spacial score (nSPS) is 10.7. The van der Waals surface area contributed by atoms with Crippen molar-refractivity contribution in [1.82, 2.24) is 15.8 Å². The molecule has 0 unspecified atom stereocenters. The SMILES string of the molecule is C#CCNNC(=O)c1cnccc1C(F)(F)F. The third-order valence-corrected chi connectivity index (χ3v) is 1.76. The summed E-state index contributed by atoms with van der Waals surface area (Å²) in [4.78, 5) is 14.9. The van der Waals surface area contributed by atoms with Crippen LogP contribution in [-0.2, 0) is 6.18 Å². The average Bonchev–Trinajstić information content (AvgIpc) is 2.28. The molecule has 0 fully saturated rings. The molecule has 0 bridgehead atoms. The Bertz CT molecular complexity index is 451. The zero-order chi connectivity index (χ0) is 12.9. The third kappa shape index (κ3) is 3.46. The van der Waals surface area contributed by atoms with Crippen molar-refractivity contribution in [2.24, 2.45) is 0 Å². The number of carbonyl (C=O) groups is 1. The Hall–Kier alpha value is -2.07. The van der Waals surface area contributed by atoms with Crippen molar-refractivity contribution in [3.63, 3.8) is 0 Å². The molecule has 17 heavy (non-hydrogen) atoms. The molecule has 0 aliphatic rings. The zero-order valence-electron chi connectivity index (χ0n) is 8.51. The van der Waals surface area contributed by atoms with Gasteiger partial charge in [-0.3, -0.25) is 15.2 Å². The lowest BCUT2D eigenvalue weighted by atomic mass is 10.1. The summed E-state index contributed by atoms with van der Waals surface area (Å²) >= 11 is 0. The van der Waals surface area contributed by atoms with Gasteiger partial charge in [-0.1, -0.05) is 5.92 Å². The number of rotatable bonds is 3. The smallest absolute Gasteiger partial charge is 0.286 e. The molecule has 4 nitrogen and oxygen atoms in total. The van der Waals surface area contributed by atoms with E-state index in [0.717, 1.165) is 18.5 Å². The first-order valence-electron chi connectivity index (χ1n) is 4.44. The topological polar surface area (TPSA) is 54.0 Å². The number of amides is 1. The molecule has 0 aromatic carbocycles. The van der Waals surface area contributed by atoms with Crippen LogP contribution in [0.4, 0.5) is 13.2 Å². The molecular weight excluding hydrogens is 235 g/mol. The van der Waals surface area contributed by atoms with E-state index in [0.29, 0.717) is 0 Å². The lowest BCUT2D eigenvalue weighted by molar-refractivity contribution is -0.138. The molecule has 0 aliphatic heterocycles. The predicted octanol–water partition coefficient (Wildman–Crippen LogP) is 0.968. The van der Waals surface area contributed by atoms with E-state index < -0.39 is 23.2 Å². The maximum atomic E-state index is 12.5. The number of nitrogens with one attached hydrogen (secondary N) is 2. The second-order valence-corrected chi connectivity index (χ2v) is 2.93. The number of nitrogens with zero attached hydrogens (tertiary/aromatic N) is 1. The number of carbonyl (C=O) groups excluding carboxylic acids is 1. The Balaban J connectivity index is 2.91. The lowest BCUT2D eigenvalue weighted by Gasteiger charge is -2.11. The number of hydrogen-bond donors (Lipinski definition) is 2. The minimum absolute atomic E-state index is 0.00729. The molecule has 90 valence electrons. The van der Waals surface area contributed by atoms with E-state index in [1.165, 1.54) is 0 Å². The van der Waals surface area contributed by atoms with E-state index in [9.17, 15) is 18.0 Å². The summed E-state index contributed by atoms with van der Waals surface area (Å²) in [7, 11) is 0. The molecule has 0 saturated carbocycles. The fraction of sp³-hybridized carbons (Fsp3) is 0.200. The second-order valence-electron chi connectivity index (χ2n) is 2.93. The van der Waals surface area contributed by atoms with Crippen molar-refractivity contribution in [2.45, 2.75) is 6.18 Å². The molecule has 0 aliphatic carbocycles. The molecule has 0 atom stereocenters. The fourth-order valence-electron chi connectivity index (χ4n) is 1.07. The first kappa shape index (κ1) is 13.0. The highest BCUT2D eigenvalue weighted by Crippen LogP contribution is 2.31. The standard InChI is InChI=1S/C10H8F3N3O/c1-2-4-15-16-9(17)7-6-14-5-3-8(7)10(11,12)13/h1,3,5-6,15H,4H2,(H,16,17). The van der Waals surface area contributed by atoms with E-state index in [1.54, 1.807) is 0 Å². The minimum atomic E-state index is -4.61. The number of hydrazine groups is 1. The third-order valence-electron chi connectivity index (χ3n) is 1.76. The highest BCUT2D eigenvalue weighted by atomic mass is 19.4. The molecule has 1 aromatic heterocycles. The van der Waals surface area contributed by atoms with Crippen LogP contribution in [0.2, 0.25) is 0 Å². The summed E-state index contributed by atoms with van der Waals surface area (Å²) < 4.78 is 37.6. The van der Waals surface area contributed by atoms with Crippen LogP contribution in [0.5, 0.6) is 0 Å². The molecule has 1 rings (SSSR count). The van der Waals surface area contributed by atoms with Crippen molar-refractivity contribution in [3.05, 3.63) is 29.6 Å². The quantitative estimate of drug-likeness (QED) is 0.472. The molecule has 0 saturated heterocycles. The zero-order valence-corrected chi connectivity index (χ0v) is 8.51. The first-order valence-corrected chi connectivity index (χ1v) is 4.44. The van der Waals surface area contributed by atoms with Crippen molar-refractivity contribution < 1.29 is 18.0 Å². The Morgan fingerprint density at radius 3 is 2.82 bits per heavy atom. The second kappa shape index (κ2) is 5.32. The number of pyridine rings is 1. The first-order chi connectivity index (χ1) is 7.96. The minimum Gasteiger partial charge on any atom is -0.286 e. The molecule has 7 heteroatoms. The van der Waals surface area contributed by atoms with Gasteiger partial charge >= 0.3 is 6.18 Å². The van der Waals surface area contributed by atoms with Crippen molar-refractivity contribution in [2.75, 3.05) is 6.54 Å². The van der Waals surface area contributed by atoms with Crippen LogP contribution in [0, 0.1) is 12.3 Å². The van der Waals surface area contributed by atoms with Crippen molar-refractivity contribution in [3.8, 4) is 12.3 Å². The van der Waals surface area contributed by atoms with Crippen molar-refractivity contribution in [1.29, 1.82) is 0 Å². The van der Waals surface area contributed by atoms with Crippen molar-refractivity contribution >= 4 is 5.91 Å². The highest BCUT2D eigenvalue weighted by molar-refractivity contribution is 5.95. The summed E-state index contributed by atoms with van der Waals surface area (Å²) in [5.74, 6) is 1.21. The van der Waals surface area contributed by atoms with Gasteiger partial charge < -0.3 is 0 Å². The van der Waals surface area contributed by atoms with Gasteiger partial charge in [-0.2, -0.15) is 13.2 Å². The van der Waals surface area contributed by atoms with Crippen LogP contribution >= 0.6 is 0 Å². The van der Waals surface area contributed by atoms with Gasteiger partial charge in [-0.05, 0) is 6.07 Å². The van der Waals surface area contributed by atoms with E-state index in [2.05, 4.69) is 16.3 Å². The van der Waals surface area contributed by atoms with Crippen LogP contribution in [0.3, 0.4) is 0 Å². The average molecular weight is 243 g/mol. The molecule has 2 N–H and O–H groups in total. The van der Waals surface area contributed by atoms with Crippen LogP contribution in [0.1, 0.15) is 15.9 Å². The number of terminal acetylenes is 1. The lowest BCUT2D eigenvalue weighted by Crippen LogP contribution is -2.38. The summed E-state index contributed by atoms with van der Waals surface area (Å²) in [5.41, 5.74) is 2.71. The number of alkyl halides is 3. The van der Waals surface area contributed by atoms with E-state index in [-0.39, 0.29) is 6.54 Å². The van der Waals surface area contributed by atoms with Gasteiger partial charge in [-0.15, -0.1) is 6.42 Å². The van der Waals surface area contributed by atoms with E-state index >= 15 is 0 Å². The van der Waals surface area contributed by atoms with Gasteiger partial charge in [-0.25, -0.2) is 5.43 Å². The van der Waals surface area contributed by atoms with Crippen LogP contribution in [0.25, 0.3) is 0 Å². The maximum absolute atomic E-state index is 12.5. The molecule has 1 amide bonds. The van der Waals surface area contributed by atoms with E-state index in [4.69, 9.17) is 6.42 Å². The Morgan fingerprint density at radius 2 is 2.24 bits per heavy atom. The van der Waals surface area contributed by atoms with Gasteiger partial charge in [0.25, 0.3) is 5.91 Å². The Morgan fingerprint density at radius 1 is 1.53 bits per heavy atom. The van der Waals surface area contributed by atoms with Crippen LogP contribution < -0.4 is 10.9 Å². The van der Waals surface area contributed by atoms with Crippen LogP contribution in [0.15, 0.2) is 18.5 Å². The number of halogens is 3. The fourth-order valence-corrected chi connectivity index (χ4v) is 1.07. The van der Waals surface area contributed by atoms with Gasteiger partial charge in [0.2, 0.25) is 0 Å². The van der Waals surface area contributed by atoms with E-state index in [1.807, 2.05) is 5.43 Å². The van der Waals surface area contributed by atoms with Crippen LogP contribution in [-0.4, -0.2) is 17.4 Å². The number of hydrogen-bond acceptors (Lipinski definition) is 3. The van der Waals surface area contributed by atoms with Gasteiger partial charge in [0, 0.05) is 12.4 Å². The molecule has 1 heterocycles. The summed E-state index contributed by atoms with van der Waals surface area (Å²) in [6, 6.07) is 0.732.